The minimum atomic E-state index is -0.536. The molecule has 8 heteroatoms. The molecule has 2 amide bonds. The van der Waals surface area contributed by atoms with Crippen LogP contribution in [0, 0.1) is 0 Å². The third-order valence-electron chi connectivity index (χ3n) is 3.74. The molecule has 1 aromatic carbocycles. The fourth-order valence-corrected chi connectivity index (χ4v) is 2.43. The maximum absolute atomic E-state index is 12.0. The van der Waals surface area contributed by atoms with Crippen LogP contribution in [0.4, 0.5) is 10.5 Å². The third kappa shape index (κ3) is 11.0. The lowest BCUT2D eigenvalue weighted by Crippen LogP contribution is -2.54. The fourth-order valence-electron chi connectivity index (χ4n) is 2.43. The molecule has 0 aliphatic heterocycles. The van der Waals surface area contributed by atoms with E-state index in [1.807, 2.05) is 58.9 Å². The monoisotopic (exact) mass is 405 g/mol. The number of anilines is 1. The van der Waals surface area contributed by atoms with E-state index in [1.165, 1.54) is 6.92 Å². The maximum Gasteiger partial charge on any atom is 0.408 e. The van der Waals surface area contributed by atoms with E-state index in [4.69, 9.17) is 4.74 Å². The molecule has 0 fully saturated rings. The van der Waals surface area contributed by atoms with Crippen LogP contribution in [-0.4, -0.2) is 49.2 Å². The Morgan fingerprint density at radius 1 is 1.03 bits per heavy atom. The van der Waals surface area contributed by atoms with Gasteiger partial charge < -0.3 is 26.0 Å². The second-order valence-electron chi connectivity index (χ2n) is 8.49. The molecule has 1 rings (SSSR count). The number of guanidine groups is 1. The van der Waals surface area contributed by atoms with Crippen molar-refractivity contribution in [2.24, 2.45) is 4.99 Å². The van der Waals surface area contributed by atoms with Gasteiger partial charge in [-0.2, -0.15) is 0 Å². The summed E-state index contributed by atoms with van der Waals surface area (Å²) in [5, 5.41) is 12.1. The van der Waals surface area contributed by atoms with Gasteiger partial charge in [0.1, 0.15) is 5.60 Å². The van der Waals surface area contributed by atoms with Gasteiger partial charge in [0.2, 0.25) is 5.91 Å². The summed E-state index contributed by atoms with van der Waals surface area (Å²) >= 11 is 0. The maximum atomic E-state index is 12.0. The molecule has 0 saturated carbocycles. The predicted molar refractivity (Wildman–Crippen MR) is 117 cm³/mol. The number of carbonyl (C=O) groups is 2. The summed E-state index contributed by atoms with van der Waals surface area (Å²) in [5.74, 6) is 0.567. The number of ether oxygens (including phenoxy) is 1. The first-order valence-electron chi connectivity index (χ1n) is 9.72. The van der Waals surface area contributed by atoms with E-state index in [0.717, 1.165) is 17.7 Å². The number of nitrogens with zero attached hydrogens (tertiary/aromatic N) is 1. The Bertz CT molecular complexity index is 706. The van der Waals surface area contributed by atoms with E-state index in [1.54, 1.807) is 7.05 Å². The van der Waals surface area contributed by atoms with Gasteiger partial charge in [-0.15, -0.1) is 0 Å². The van der Waals surface area contributed by atoms with Crippen molar-refractivity contribution in [2.45, 2.75) is 59.1 Å². The summed E-state index contributed by atoms with van der Waals surface area (Å²) in [6.07, 6.45) is 0.357. The molecule has 0 aliphatic carbocycles. The number of hydrogen-bond donors (Lipinski definition) is 4. The number of alkyl carbamates (subject to hydrolysis) is 1. The van der Waals surface area contributed by atoms with Gasteiger partial charge in [-0.3, -0.25) is 9.79 Å². The van der Waals surface area contributed by atoms with Crippen LogP contribution in [0.5, 0.6) is 0 Å². The smallest absolute Gasteiger partial charge is 0.408 e. The molecule has 29 heavy (non-hydrogen) atoms. The summed E-state index contributed by atoms with van der Waals surface area (Å²) in [6.45, 7) is 12.0. The normalized spacial score (nSPS) is 12.2. The first-order chi connectivity index (χ1) is 13.4. The highest BCUT2D eigenvalue weighted by atomic mass is 16.6. The Labute approximate surface area is 173 Å². The van der Waals surface area contributed by atoms with E-state index in [-0.39, 0.29) is 5.91 Å². The average molecular weight is 406 g/mol. The lowest BCUT2D eigenvalue weighted by molar-refractivity contribution is -0.114. The van der Waals surface area contributed by atoms with Crippen molar-refractivity contribution >= 4 is 23.6 Å². The van der Waals surface area contributed by atoms with Crippen LogP contribution in [-0.2, 0) is 16.0 Å². The highest BCUT2D eigenvalue weighted by molar-refractivity contribution is 5.88. The van der Waals surface area contributed by atoms with Crippen LogP contribution in [0.2, 0.25) is 0 Å². The fraction of sp³-hybridized carbons (Fsp3) is 0.571. The molecule has 0 aliphatic rings. The van der Waals surface area contributed by atoms with Crippen LogP contribution < -0.4 is 21.3 Å². The number of rotatable bonds is 7. The number of carbonyl (C=O) groups excluding carboxylic acids is 2. The Kier molecular flexibility index (Phi) is 8.94. The lowest BCUT2D eigenvalue weighted by atomic mass is 10.1. The molecule has 1 aromatic rings. The van der Waals surface area contributed by atoms with Gasteiger partial charge in [-0.05, 0) is 58.7 Å². The largest absolute Gasteiger partial charge is 0.444 e. The number of benzene rings is 1. The minimum absolute atomic E-state index is 0.0848. The first kappa shape index (κ1) is 24.3. The molecule has 0 saturated heterocycles. The second kappa shape index (κ2) is 10.7. The first-order valence-corrected chi connectivity index (χ1v) is 9.72. The molecular weight excluding hydrogens is 370 g/mol. The van der Waals surface area contributed by atoms with E-state index < -0.39 is 17.2 Å². The van der Waals surface area contributed by atoms with Gasteiger partial charge in [0, 0.05) is 32.7 Å². The zero-order chi connectivity index (χ0) is 22.1. The van der Waals surface area contributed by atoms with E-state index in [2.05, 4.69) is 26.3 Å². The van der Waals surface area contributed by atoms with Gasteiger partial charge >= 0.3 is 6.09 Å². The van der Waals surface area contributed by atoms with Crippen molar-refractivity contribution in [1.82, 2.24) is 16.0 Å². The zero-order valence-electron chi connectivity index (χ0n) is 18.6. The summed E-state index contributed by atoms with van der Waals surface area (Å²) in [4.78, 5) is 27.2. The van der Waals surface area contributed by atoms with E-state index in [9.17, 15) is 9.59 Å². The number of aliphatic imine (C=N–C) groups is 1. The molecule has 162 valence electrons. The van der Waals surface area contributed by atoms with Crippen molar-refractivity contribution in [2.75, 3.05) is 25.5 Å². The minimum Gasteiger partial charge on any atom is -0.444 e. The summed E-state index contributed by atoms with van der Waals surface area (Å²) in [5.41, 5.74) is 0.880. The topological polar surface area (TPSA) is 104 Å². The Morgan fingerprint density at radius 3 is 2.17 bits per heavy atom. The standard InChI is InChI=1S/C21H35N5O3/c1-15(27)25-17-10-8-16(9-11-17)12-13-23-18(22-7)24-14-21(5,6)26-19(28)29-20(2,3)4/h8-11H,12-14H2,1-7H3,(H,25,27)(H,26,28)(H2,22,23,24). The van der Waals surface area contributed by atoms with Crippen LogP contribution in [0.3, 0.4) is 0 Å². The number of nitrogens with one attached hydrogen (secondary N) is 4. The van der Waals surface area contributed by atoms with E-state index >= 15 is 0 Å². The van der Waals surface area contributed by atoms with Gasteiger partial charge in [0.15, 0.2) is 5.96 Å². The summed E-state index contributed by atoms with van der Waals surface area (Å²) in [6, 6.07) is 7.73. The average Bonchev–Trinajstić information content (AvgIpc) is 2.56. The number of amides is 2. The Hall–Kier alpha value is -2.77. The molecule has 0 radical (unpaired) electrons. The molecule has 8 nitrogen and oxygen atoms in total. The Balaban J connectivity index is 2.42. The Morgan fingerprint density at radius 2 is 1.66 bits per heavy atom. The van der Waals surface area contributed by atoms with Crippen LogP contribution in [0.25, 0.3) is 0 Å². The van der Waals surface area contributed by atoms with Crippen molar-refractivity contribution in [1.29, 1.82) is 0 Å². The highest BCUT2D eigenvalue weighted by Crippen LogP contribution is 2.10. The predicted octanol–water partition coefficient (Wildman–Crippen LogP) is 2.66. The quantitative estimate of drug-likeness (QED) is 0.412. The second-order valence-corrected chi connectivity index (χ2v) is 8.49. The van der Waals surface area contributed by atoms with Gasteiger partial charge in [0.25, 0.3) is 0 Å². The van der Waals surface area contributed by atoms with Crippen molar-refractivity contribution in [3.05, 3.63) is 29.8 Å². The van der Waals surface area contributed by atoms with Gasteiger partial charge in [-0.25, -0.2) is 4.79 Å². The summed E-state index contributed by atoms with van der Waals surface area (Å²) < 4.78 is 5.30. The van der Waals surface area contributed by atoms with Crippen LogP contribution in [0.1, 0.15) is 47.1 Å². The highest BCUT2D eigenvalue weighted by Gasteiger charge is 2.24. The van der Waals surface area contributed by atoms with Gasteiger partial charge in [-0.1, -0.05) is 12.1 Å². The van der Waals surface area contributed by atoms with Crippen molar-refractivity contribution < 1.29 is 14.3 Å². The molecule has 0 unspecified atom stereocenters. The summed E-state index contributed by atoms with van der Waals surface area (Å²) in [7, 11) is 1.70. The third-order valence-corrected chi connectivity index (χ3v) is 3.74. The number of hydrogen-bond acceptors (Lipinski definition) is 4. The van der Waals surface area contributed by atoms with Crippen molar-refractivity contribution in [3.8, 4) is 0 Å². The molecule has 0 heterocycles. The van der Waals surface area contributed by atoms with Crippen LogP contribution >= 0.6 is 0 Å². The van der Waals surface area contributed by atoms with Gasteiger partial charge in [0.05, 0.1) is 5.54 Å². The van der Waals surface area contributed by atoms with Crippen molar-refractivity contribution in [3.63, 3.8) is 0 Å². The molecular formula is C21H35N5O3. The SMILES string of the molecule is CN=C(NCCc1ccc(NC(C)=O)cc1)NCC(C)(C)NC(=O)OC(C)(C)C. The van der Waals surface area contributed by atoms with Crippen LogP contribution in [0.15, 0.2) is 29.3 Å². The lowest BCUT2D eigenvalue weighted by Gasteiger charge is -2.29. The van der Waals surface area contributed by atoms with E-state index in [0.29, 0.717) is 19.0 Å². The molecule has 0 bridgehead atoms. The zero-order valence-corrected chi connectivity index (χ0v) is 18.6. The molecule has 0 atom stereocenters. The molecule has 0 aromatic heterocycles. The molecule has 0 spiro atoms. The molecule has 4 N–H and O–H groups in total.